The summed E-state index contributed by atoms with van der Waals surface area (Å²) in [7, 11) is 0. The number of hydrogen-bond acceptors (Lipinski definition) is 0. The first-order chi connectivity index (χ1) is 0. The average Bonchev–Trinajstić information content (AvgIpc) is 0. The quantitative estimate of drug-likeness (QED) is 0.214. The predicted octanol–water partition coefficient (Wildman–Crippen LogP) is -16.4. The van der Waals surface area contributed by atoms with Gasteiger partial charge in [0, 0.05) is 0 Å². The predicted molar refractivity (Wildman–Crippen MR) is 32.5 cm³/mol. The standard InChI is InChI=1S/Eu.3HI.9H2O/h;3*1H;9*1H2/q+3;;;;;;;;;;;;/p-3. The Morgan fingerprint density at radius 2 is 0.231 bits per heavy atom. The van der Waals surface area contributed by atoms with E-state index in [0.717, 1.165) is 0 Å². The number of hydrogen-bond donors (Lipinski definition) is 0. The van der Waals surface area contributed by atoms with Crippen LogP contribution in [0, 0.1) is 49.4 Å². The first-order valence-corrected chi connectivity index (χ1v) is 0. The van der Waals surface area contributed by atoms with Gasteiger partial charge in [0.2, 0.25) is 0 Å². The summed E-state index contributed by atoms with van der Waals surface area (Å²) in [5, 5.41) is 0. The van der Waals surface area contributed by atoms with Crippen LogP contribution in [0.5, 0.6) is 0 Å². The van der Waals surface area contributed by atoms with Crippen LogP contribution in [0.3, 0.4) is 0 Å². The van der Waals surface area contributed by atoms with Gasteiger partial charge in [0.25, 0.3) is 0 Å². The van der Waals surface area contributed by atoms with Gasteiger partial charge in [-0.2, -0.15) is 0 Å². The molecule has 0 saturated carbocycles. The molecule has 18 N–H and O–H groups in total. The third-order valence-corrected chi connectivity index (χ3v) is 0. The number of rotatable bonds is 0. The van der Waals surface area contributed by atoms with Crippen LogP contribution < -0.4 is 71.9 Å². The molecule has 0 aliphatic carbocycles. The molecule has 0 unspecified atom stereocenters. The van der Waals surface area contributed by atoms with Crippen molar-refractivity contribution in [1.29, 1.82) is 0 Å². The van der Waals surface area contributed by atoms with E-state index in [2.05, 4.69) is 0 Å². The van der Waals surface area contributed by atoms with Crippen molar-refractivity contribution in [2.45, 2.75) is 0 Å². The minimum Gasteiger partial charge on any atom is -1.00 e. The molecule has 0 heterocycles. The Balaban J connectivity index is 0. The first kappa shape index (κ1) is 335. The van der Waals surface area contributed by atoms with E-state index in [1.54, 1.807) is 0 Å². The summed E-state index contributed by atoms with van der Waals surface area (Å²) < 4.78 is 0. The summed E-state index contributed by atoms with van der Waals surface area (Å²) in [6.07, 6.45) is 0. The van der Waals surface area contributed by atoms with Gasteiger partial charge in [-0.3, -0.25) is 0 Å². The van der Waals surface area contributed by atoms with E-state index in [1.807, 2.05) is 0 Å². The summed E-state index contributed by atoms with van der Waals surface area (Å²) in [6.45, 7) is 0. The van der Waals surface area contributed by atoms with Gasteiger partial charge in [0.05, 0.1) is 0 Å². The molecule has 0 amide bonds. The summed E-state index contributed by atoms with van der Waals surface area (Å²) in [5.74, 6) is 0. The minimum absolute atomic E-state index is 0. The SMILES string of the molecule is O.O.O.O.O.O.O.O.O.[Eu+3].[I-].[I-].[I-]. The molecule has 0 aliphatic rings. The minimum atomic E-state index is 0. The van der Waals surface area contributed by atoms with Crippen LogP contribution >= 0.6 is 0 Å². The molecule has 0 aromatic carbocycles. The van der Waals surface area contributed by atoms with Crippen molar-refractivity contribution in [3.05, 3.63) is 0 Å². The van der Waals surface area contributed by atoms with Crippen LogP contribution in [0.4, 0.5) is 0 Å². The second-order valence-corrected chi connectivity index (χ2v) is 0. The molecule has 100 valence electrons. The van der Waals surface area contributed by atoms with E-state index >= 15 is 0 Å². The monoisotopic (exact) mass is 696 g/mol. The molecule has 0 aromatic heterocycles. The molecule has 0 aromatic rings. The maximum absolute atomic E-state index is 0. The zero-order valence-electron chi connectivity index (χ0n) is 6.01. The average molecular weight is 695 g/mol. The van der Waals surface area contributed by atoms with E-state index in [4.69, 9.17) is 0 Å². The molecule has 0 radical (unpaired) electrons. The molecule has 0 rings (SSSR count). The Hall–Kier alpha value is 3.41. The van der Waals surface area contributed by atoms with Gasteiger partial charge in [-0.05, 0) is 0 Å². The maximum atomic E-state index is 0. The van der Waals surface area contributed by atoms with Crippen molar-refractivity contribution >= 4 is 0 Å². The summed E-state index contributed by atoms with van der Waals surface area (Å²) >= 11 is 0. The van der Waals surface area contributed by atoms with E-state index in [0.29, 0.717) is 0 Å². The van der Waals surface area contributed by atoms with Gasteiger partial charge in [-0.1, -0.05) is 0 Å². The Morgan fingerprint density at radius 1 is 0.231 bits per heavy atom. The van der Waals surface area contributed by atoms with Gasteiger partial charge in [-0.15, -0.1) is 0 Å². The Bertz CT molecular complexity index is 14.8. The Morgan fingerprint density at radius 3 is 0.231 bits per heavy atom. The molecule has 0 spiro atoms. The van der Waals surface area contributed by atoms with Crippen molar-refractivity contribution in [2.75, 3.05) is 0 Å². The molecule has 9 nitrogen and oxygen atoms in total. The molecular formula is H18EuI3O9. The zero-order chi connectivity index (χ0) is 0. The molecule has 0 saturated heterocycles. The fourth-order valence-corrected chi connectivity index (χ4v) is 0. The molecular weight excluding hydrogens is 677 g/mol. The van der Waals surface area contributed by atoms with E-state index in [9.17, 15) is 0 Å². The zero-order valence-corrected chi connectivity index (χ0v) is 14.9. The van der Waals surface area contributed by atoms with E-state index < -0.39 is 0 Å². The maximum Gasteiger partial charge on any atom is 3.00 e. The second kappa shape index (κ2) is 275. The van der Waals surface area contributed by atoms with Crippen LogP contribution in [0.1, 0.15) is 0 Å². The van der Waals surface area contributed by atoms with E-state index in [-0.39, 0.29) is 171 Å². The number of halogens is 3. The smallest absolute Gasteiger partial charge is 1.00 e. The summed E-state index contributed by atoms with van der Waals surface area (Å²) in [6, 6.07) is 0. The van der Waals surface area contributed by atoms with Crippen molar-refractivity contribution in [3.8, 4) is 0 Å². The summed E-state index contributed by atoms with van der Waals surface area (Å²) in [4.78, 5) is 0. The Kier molecular flexibility index (Phi) is 7070. The molecule has 13 heavy (non-hydrogen) atoms. The van der Waals surface area contributed by atoms with Crippen molar-refractivity contribution in [3.63, 3.8) is 0 Å². The fraction of sp³-hybridized carbons (Fsp3) is 0. The van der Waals surface area contributed by atoms with Gasteiger partial charge in [0.1, 0.15) is 0 Å². The van der Waals surface area contributed by atoms with Gasteiger partial charge in [0.15, 0.2) is 0 Å². The van der Waals surface area contributed by atoms with Crippen LogP contribution in [0.25, 0.3) is 0 Å². The molecule has 0 atom stereocenters. The van der Waals surface area contributed by atoms with E-state index in [1.165, 1.54) is 0 Å². The van der Waals surface area contributed by atoms with Crippen molar-refractivity contribution in [1.82, 2.24) is 0 Å². The fourth-order valence-electron chi connectivity index (χ4n) is 0. The van der Waals surface area contributed by atoms with Crippen LogP contribution in [0.15, 0.2) is 0 Å². The molecule has 13 heteroatoms. The molecule has 0 fully saturated rings. The van der Waals surface area contributed by atoms with Crippen LogP contribution in [0.2, 0.25) is 0 Å². The van der Waals surface area contributed by atoms with Crippen molar-refractivity contribution in [2.24, 2.45) is 0 Å². The van der Waals surface area contributed by atoms with Crippen molar-refractivity contribution < 1.29 is 171 Å². The normalized spacial score (nSPS) is 0. The molecule has 0 aliphatic heterocycles. The first-order valence-electron chi connectivity index (χ1n) is 0. The van der Waals surface area contributed by atoms with Crippen LogP contribution in [-0.2, 0) is 0 Å². The molecule has 0 bridgehead atoms. The van der Waals surface area contributed by atoms with Gasteiger partial charge < -0.3 is 121 Å². The summed E-state index contributed by atoms with van der Waals surface area (Å²) in [5.41, 5.74) is 0. The van der Waals surface area contributed by atoms with Gasteiger partial charge >= 0.3 is 49.4 Å². The largest absolute Gasteiger partial charge is 3.00 e. The third kappa shape index (κ3) is 238. The third-order valence-electron chi connectivity index (χ3n) is 0. The van der Waals surface area contributed by atoms with Crippen LogP contribution in [-0.4, -0.2) is 49.3 Å². The topological polar surface area (TPSA) is 284 Å². The second-order valence-electron chi connectivity index (χ2n) is 0. The Labute approximate surface area is 167 Å². The van der Waals surface area contributed by atoms with Gasteiger partial charge in [-0.25, -0.2) is 0 Å².